The third-order valence-electron chi connectivity index (χ3n) is 10.6. The van der Waals surface area contributed by atoms with Gasteiger partial charge in [0.1, 0.15) is 17.3 Å². The molecule has 11 rings (SSSR count). The zero-order valence-corrected chi connectivity index (χ0v) is 29.4. The van der Waals surface area contributed by atoms with Crippen LogP contribution in [-0.2, 0) is 0 Å². The van der Waals surface area contributed by atoms with E-state index in [1.54, 1.807) is 4.57 Å². The van der Waals surface area contributed by atoms with Gasteiger partial charge in [0, 0.05) is 31.3 Å². The van der Waals surface area contributed by atoms with Crippen molar-refractivity contribution in [1.29, 1.82) is 0 Å². The van der Waals surface area contributed by atoms with Gasteiger partial charge >= 0.3 is 0 Å². The Bertz CT molecular complexity index is 3400. The first-order chi connectivity index (χ1) is 29.5. The lowest BCUT2D eigenvalue weighted by Crippen LogP contribution is -2.30. The molecule has 1 aliphatic heterocycles. The lowest BCUT2D eigenvalue weighted by molar-refractivity contribution is -0.571. The summed E-state index contributed by atoms with van der Waals surface area (Å²) in [5.41, 5.74) is 11.8. The number of pyridine rings is 1. The third kappa shape index (κ3) is 4.87. The average molecular weight is 713 g/mol. The van der Waals surface area contributed by atoms with Crippen molar-refractivity contribution in [2.45, 2.75) is 13.7 Å². The SMILES string of the molecule is [2H]C([2H])([2H])c1cnc(-n2c3ccccc3c3ccc(Oc4cccc(-n5[c-][n+]6c7c(cccc75)-c5ccccc5-c5ccccc5-c5ccccc5-6)c4)cc32)c(C([2H])([2H])[2H])c1. The van der Waals surface area contributed by atoms with Crippen LogP contribution in [0.2, 0.25) is 0 Å². The molecule has 0 amide bonds. The molecule has 260 valence electrons. The summed E-state index contributed by atoms with van der Waals surface area (Å²) in [6, 6.07) is 54.5. The highest BCUT2D eigenvalue weighted by Crippen LogP contribution is 2.43. The summed E-state index contributed by atoms with van der Waals surface area (Å²) >= 11 is 0. The number of para-hydroxylation sites is 3. The summed E-state index contributed by atoms with van der Waals surface area (Å²) in [6.07, 6.45) is 4.97. The summed E-state index contributed by atoms with van der Waals surface area (Å²) in [5, 5.41) is 1.75. The molecule has 0 saturated carbocycles. The first kappa shape index (κ1) is 25.7. The van der Waals surface area contributed by atoms with Gasteiger partial charge in [-0.1, -0.05) is 115 Å². The van der Waals surface area contributed by atoms with Crippen LogP contribution in [0.25, 0.3) is 83.4 Å². The highest BCUT2D eigenvalue weighted by Gasteiger charge is 2.24. The molecule has 3 aromatic heterocycles. The second kappa shape index (κ2) is 12.2. The number of fused-ring (bicyclic) bond motifs is 10. The summed E-state index contributed by atoms with van der Waals surface area (Å²) in [5.74, 6) is 1.24. The fraction of sp³-hybridized carbons (Fsp3) is 0.0400. The molecule has 1 aliphatic rings. The maximum absolute atomic E-state index is 8.39. The molecular weight excluding hydrogens is 673 g/mol. The van der Waals surface area contributed by atoms with Crippen LogP contribution in [-0.4, -0.2) is 14.1 Å². The molecule has 5 heteroatoms. The molecule has 0 bridgehead atoms. The lowest BCUT2D eigenvalue weighted by atomic mass is 9.89. The molecule has 0 fully saturated rings. The highest BCUT2D eigenvalue weighted by atomic mass is 16.5. The number of nitrogens with zero attached hydrogens (tertiary/aromatic N) is 4. The topological polar surface area (TPSA) is 35.9 Å². The van der Waals surface area contributed by atoms with Gasteiger partial charge < -0.3 is 4.74 Å². The smallest absolute Gasteiger partial charge is 0.269 e. The van der Waals surface area contributed by atoms with Crippen LogP contribution in [0.15, 0.2) is 170 Å². The van der Waals surface area contributed by atoms with Crippen molar-refractivity contribution in [2.75, 3.05) is 0 Å². The molecule has 4 heterocycles. The lowest BCUT2D eigenvalue weighted by Gasteiger charge is -2.15. The van der Waals surface area contributed by atoms with Crippen molar-refractivity contribution in [3.8, 4) is 62.1 Å². The van der Waals surface area contributed by atoms with E-state index in [4.69, 9.17) is 13.0 Å². The minimum Gasteiger partial charge on any atom is -0.458 e. The summed E-state index contributed by atoms with van der Waals surface area (Å²) in [4.78, 5) is 4.51. The number of benzene rings is 7. The highest BCUT2D eigenvalue weighted by molar-refractivity contribution is 6.09. The number of rotatable bonds is 4. The number of hydrogen-bond acceptors (Lipinski definition) is 2. The molecule has 0 spiro atoms. The Morgan fingerprint density at radius 3 is 2.04 bits per heavy atom. The molecule has 5 nitrogen and oxygen atoms in total. The van der Waals surface area contributed by atoms with Crippen molar-refractivity contribution in [3.63, 3.8) is 0 Å². The molecule has 0 unspecified atom stereocenters. The molecule has 0 radical (unpaired) electrons. The maximum Gasteiger partial charge on any atom is 0.269 e. The van der Waals surface area contributed by atoms with E-state index in [2.05, 4.69) is 111 Å². The zero-order valence-electron chi connectivity index (χ0n) is 35.4. The Morgan fingerprint density at radius 1 is 0.564 bits per heavy atom. The molecule has 7 aromatic carbocycles. The quantitative estimate of drug-likeness (QED) is 0.135. The average Bonchev–Trinajstić information content (AvgIpc) is 3.82. The van der Waals surface area contributed by atoms with Gasteiger partial charge in [-0.2, -0.15) is 0 Å². The standard InChI is InChI=1S/C50H34N4O/c1-32-27-33(2)50(51-30-32)54-46-23-10-8-20-42(46)43-26-25-36(29-48(43)54)55-35-14-11-13-34(28-35)52-31-53-45-22-9-7-19-41(45)39-17-5-3-15-37(39)38-16-4-6-18-40(38)44-21-12-24-47(52)49(44)53/h3-30H,1-2H3/i1D3,2D3. The van der Waals surface area contributed by atoms with E-state index in [1.807, 2.05) is 66.7 Å². The van der Waals surface area contributed by atoms with E-state index in [0.29, 0.717) is 17.0 Å². The van der Waals surface area contributed by atoms with Gasteiger partial charge in [0.25, 0.3) is 6.33 Å². The Kier molecular flexibility index (Phi) is 5.68. The monoisotopic (exact) mass is 712 g/mol. The fourth-order valence-corrected chi connectivity index (χ4v) is 8.24. The van der Waals surface area contributed by atoms with E-state index >= 15 is 0 Å². The Balaban J connectivity index is 1.05. The first-order valence-corrected chi connectivity index (χ1v) is 18.1. The number of ether oxygens (including phenoxy) is 1. The van der Waals surface area contributed by atoms with Crippen LogP contribution in [0.4, 0.5) is 0 Å². The van der Waals surface area contributed by atoms with E-state index in [0.717, 1.165) is 66.5 Å². The van der Waals surface area contributed by atoms with Crippen molar-refractivity contribution in [3.05, 3.63) is 187 Å². The van der Waals surface area contributed by atoms with Crippen LogP contribution < -0.4 is 9.30 Å². The van der Waals surface area contributed by atoms with Gasteiger partial charge in [-0.25, -0.2) is 4.98 Å². The van der Waals surface area contributed by atoms with Crippen LogP contribution in [0.1, 0.15) is 19.4 Å². The molecule has 0 atom stereocenters. The molecule has 0 N–H and O–H groups in total. The van der Waals surface area contributed by atoms with Gasteiger partial charge in [-0.3, -0.25) is 13.7 Å². The van der Waals surface area contributed by atoms with E-state index in [1.165, 1.54) is 17.8 Å². The Labute approximate surface area is 327 Å². The largest absolute Gasteiger partial charge is 0.458 e. The molecule has 0 saturated heterocycles. The van der Waals surface area contributed by atoms with Crippen LogP contribution in [0.3, 0.4) is 0 Å². The molecule has 0 aliphatic carbocycles. The summed E-state index contributed by atoms with van der Waals surface area (Å²) in [6.45, 7) is -5.16. The van der Waals surface area contributed by atoms with Gasteiger partial charge in [-0.05, 0) is 101 Å². The third-order valence-corrected chi connectivity index (χ3v) is 10.6. The first-order valence-electron chi connectivity index (χ1n) is 21.1. The molecule has 10 aromatic rings. The number of aromatic nitrogens is 4. The second-order valence-corrected chi connectivity index (χ2v) is 13.8. The van der Waals surface area contributed by atoms with Crippen LogP contribution in [0.5, 0.6) is 11.5 Å². The van der Waals surface area contributed by atoms with Crippen molar-refractivity contribution < 1.29 is 17.5 Å². The van der Waals surface area contributed by atoms with Gasteiger partial charge in [0.15, 0.2) is 0 Å². The number of aryl methyl sites for hydroxylation is 2. The van der Waals surface area contributed by atoms with E-state index in [9.17, 15) is 0 Å². The van der Waals surface area contributed by atoms with Crippen LogP contribution in [0, 0.1) is 20.0 Å². The Hall–Kier alpha value is -7.24. The van der Waals surface area contributed by atoms with Crippen molar-refractivity contribution >= 4 is 32.8 Å². The van der Waals surface area contributed by atoms with Gasteiger partial charge in [0.05, 0.1) is 33.4 Å². The number of hydrogen-bond donors (Lipinski definition) is 0. The minimum absolute atomic E-state index is 0.133. The van der Waals surface area contributed by atoms with Gasteiger partial charge in [-0.15, -0.1) is 0 Å². The predicted molar refractivity (Wildman–Crippen MR) is 222 cm³/mol. The summed E-state index contributed by atoms with van der Waals surface area (Å²) < 4.78 is 61.6. The zero-order chi connectivity index (χ0) is 41.6. The predicted octanol–water partition coefficient (Wildman–Crippen LogP) is 11.9. The van der Waals surface area contributed by atoms with Crippen LogP contribution >= 0.6 is 0 Å². The fourth-order valence-electron chi connectivity index (χ4n) is 8.24. The van der Waals surface area contributed by atoms with E-state index < -0.39 is 13.7 Å². The Morgan fingerprint density at radius 2 is 1.22 bits per heavy atom. The molecule has 55 heavy (non-hydrogen) atoms. The minimum atomic E-state index is -2.64. The normalized spacial score (nSPS) is 13.9. The van der Waals surface area contributed by atoms with Gasteiger partial charge in [0.2, 0.25) is 0 Å². The second-order valence-electron chi connectivity index (χ2n) is 13.8. The maximum atomic E-state index is 8.39. The number of imidazole rings is 1. The van der Waals surface area contributed by atoms with E-state index in [-0.39, 0.29) is 16.9 Å². The van der Waals surface area contributed by atoms with Crippen molar-refractivity contribution in [2.24, 2.45) is 0 Å². The van der Waals surface area contributed by atoms with Crippen molar-refractivity contribution in [1.82, 2.24) is 14.1 Å². The summed E-state index contributed by atoms with van der Waals surface area (Å²) in [7, 11) is 0. The molecular formula is C50H34N4O.